The quantitative estimate of drug-likeness (QED) is 0.522. The lowest BCUT2D eigenvalue weighted by Gasteiger charge is -2.22. The van der Waals surface area contributed by atoms with Gasteiger partial charge in [-0.2, -0.15) is 0 Å². The van der Waals surface area contributed by atoms with E-state index < -0.39 is 0 Å². The standard InChI is InChI=1S/C10H22B2/c1-8(2)9-11-6-5-10(3,4)7-12-9/h8-9,11-12H,5-7H2,1-4H3. The van der Waals surface area contributed by atoms with Crippen molar-refractivity contribution in [3.05, 3.63) is 0 Å². The molecule has 12 heavy (non-hydrogen) atoms. The third-order valence-electron chi connectivity index (χ3n) is 3.56. The van der Waals surface area contributed by atoms with E-state index in [0.717, 1.165) is 11.6 Å². The molecule has 0 N–H and O–H groups in total. The number of hydrogen-bond donors (Lipinski definition) is 0. The molecule has 0 aromatic heterocycles. The first kappa shape index (κ1) is 10.2. The molecule has 0 saturated carbocycles. The fraction of sp³-hybridized carbons (Fsp3) is 1.00. The minimum atomic E-state index is 0.629. The highest BCUT2D eigenvalue weighted by molar-refractivity contribution is 6.59. The van der Waals surface area contributed by atoms with Gasteiger partial charge in [-0.05, 0) is 5.41 Å². The van der Waals surface area contributed by atoms with Crippen LogP contribution in [0.2, 0.25) is 18.4 Å². The monoisotopic (exact) mass is 164 g/mol. The minimum Gasteiger partial charge on any atom is -0.0870 e. The molecule has 0 radical (unpaired) electrons. The molecule has 1 aliphatic rings. The maximum absolute atomic E-state index is 2.43. The molecule has 1 unspecified atom stereocenters. The van der Waals surface area contributed by atoms with Crippen molar-refractivity contribution in [2.75, 3.05) is 0 Å². The van der Waals surface area contributed by atoms with Crippen molar-refractivity contribution in [1.29, 1.82) is 0 Å². The minimum absolute atomic E-state index is 0.629. The van der Waals surface area contributed by atoms with Gasteiger partial charge in [0.25, 0.3) is 0 Å². The summed E-state index contributed by atoms with van der Waals surface area (Å²) >= 11 is 0. The van der Waals surface area contributed by atoms with Crippen molar-refractivity contribution < 1.29 is 0 Å². The second-order valence-electron chi connectivity index (χ2n) is 5.60. The van der Waals surface area contributed by atoms with Crippen LogP contribution in [0.15, 0.2) is 0 Å². The second-order valence-corrected chi connectivity index (χ2v) is 5.60. The van der Waals surface area contributed by atoms with Gasteiger partial charge in [-0.25, -0.2) is 0 Å². The fourth-order valence-corrected chi connectivity index (χ4v) is 2.35. The van der Waals surface area contributed by atoms with E-state index in [4.69, 9.17) is 0 Å². The fourth-order valence-electron chi connectivity index (χ4n) is 2.35. The summed E-state index contributed by atoms with van der Waals surface area (Å²) in [4.78, 5) is 0. The highest BCUT2D eigenvalue weighted by atomic mass is 14.2. The maximum atomic E-state index is 2.43. The summed E-state index contributed by atoms with van der Waals surface area (Å²) in [5, 5.41) is 0. The Kier molecular flexibility index (Phi) is 3.31. The van der Waals surface area contributed by atoms with Gasteiger partial charge in [0.05, 0.1) is 0 Å². The largest absolute Gasteiger partial charge is 0.117 e. The molecule has 1 rings (SSSR count). The molecule has 1 saturated heterocycles. The van der Waals surface area contributed by atoms with Gasteiger partial charge in [0.1, 0.15) is 14.6 Å². The Hall–Kier alpha value is 0.130. The lowest BCUT2D eigenvalue weighted by molar-refractivity contribution is 0.398. The molecular weight excluding hydrogens is 142 g/mol. The summed E-state index contributed by atoms with van der Waals surface area (Å²) in [5.41, 5.74) is 1.63. The van der Waals surface area contributed by atoms with Crippen LogP contribution < -0.4 is 0 Å². The van der Waals surface area contributed by atoms with E-state index in [-0.39, 0.29) is 0 Å². The Morgan fingerprint density at radius 3 is 2.50 bits per heavy atom. The van der Waals surface area contributed by atoms with Crippen molar-refractivity contribution in [3.63, 3.8) is 0 Å². The molecule has 0 aromatic carbocycles. The predicted octanol–water partition coefficient (Wildman–Crippen LogP) is 2.53. The molecule has 0 amide bonds. The van der Waals surface area contributed by atoms with E-state index in [0.29, 0.717) is 5.41 Å². The first-order chi connectivity index (χ1) is 5.51. The van der Waals surface area contributed by atoms with Gasteiger partial charge in [0.2, 0.25) is 0 Å². The van der Waals surface area contributed by atoms with E-state index in [2.05, 4.69) is 27.7 Å². The van der Waals surface area contributed by atoms with Crippen molar-refractivity contribution in [1.82, 2.24) is 0 Å². The summed E-state index contributed by atoms with van der Waals surface area (Å²) in [5.74, 6) is 0.902. The Morgan fingerprint density at radius 1 is 1.25 bits per heavy atom. The van der Waals surface area contributed by atoms with Gasteiger partial charge in [-0.15, -0.1) is 0 Å². The molecule has 1 fully saturated rings. The maximum Gasteiger partial charge on any atom is 0.117 e. The topological polar surface area (TPSA) is 0 Å². The van der Waals surface area contributed by atoms with Crippen LogP contribution in [-0.4, -0.2) is 14.6 Å². The van der Waals surface area contributed by atoms with Gasteiger partial charge in [0.15, 0.2) is 0 Å². The van der Waals surface area contributed by atoms with E-state index in [1.807, 2.05) is 0 Å². The van der Waals surface area contributed by atoms with Gasteiger partial charge in [-0.3, -0.25) is 0 Å². The molecule has 2 heteroatoms. The van der Waals surface area contributed by atoms with Gasteiger partial charge in [0, 0.05) is 0 Å². The van der Waals surface area contributed by atoms with Crippen LogP contribution in [0, 0.1) is 11.3 Å². The average Bonchev–Trinajstić information content (AvgIpc) is 2.10. The average molecular weight is 164 g/mol. The molecule has 1 heterocycles. The van der Waals surface area contributed by atoms with Gasteiger partial charge < -0.3 is 0 Å². The van der Waals surface area contributed by atoms with Crippen LogP contribution in [0.5, 0.6) is 0 Å². The first-order valence-electron chi connectivity index (χ1n) is 5.51. The van der Waals surface area contributed by atoms with Crippen LogP contribution in [0.3, 0.4) is 0 Å². The van der Waals surface area contributed by atoms with Crippen molar-refractivity contribution >= 4 is 14.6 Å². The lowest BCUT2D eigenvalue weighted by Crippen LogP contribution is -2.17. The summed E-state index contributed by atoms with van der Waals surface area (Å²) in [7, 11) is 2.94. The Morgan fingerprint density at radius 2 is 1.92 bits per heavy atom. The summed E-state index contributed by atoms with van der Waals surface area (Å²) in [6, 6.07) is 0. The Balaban J connectivity index is 2.45. The highest BCUT2D eigenvalue weighted by Gasteiger charge is 2.26. The van der Waals surface area contributed by atoms with Crippen LogP contribution in [-0.2, 0) is 0 Å². The highest BCUT2D eigenvalue weighted by Crippen LogP contribution is 2.34. The van der Waals surface area contributed by atoms with Crippen LogP contribution >= 0.6 is 0 Å². The molecule has 68 valence electrons. The zero-order chi connectivity index (χ0) is 9.19. The predicted molar refractivity (Wildman–Crippen MR) is 60.9 cm³/mol. The van der Waals surface area contributed by atoms with E-state index in [1.54, 1.807) is 0 Å². The zero-order valence-electron chi connectivity index (χ0n) is 9.19. The second kappa shape index (κ2) is 3.89. The first-order valence-corrected chi connectivity index (χ1v) is 5.51. The van der Waals surface area contributed by atoms with Crippen LogP contribution in [0.25, 0.3) is 0 Å². The Bertz CT molecular complexity index is 141. The SMILES string of the molecule is CC(C)C1BCCC(C)(C)CB1. The third kappa shape index (κ3) is 2.88. The number of hydrogen-bond acceptors (Lipinski definition) is 0. The summed E-state index contributed by atoms with van der Waals surface area (Å²) in [6.45, 7) is 9.61. The molecular formula is C10H22B2. The third-order valence-corrected chi connectivity index (χ3v) is 3.56. The van der Waals surface area contributed by atoms with E-state index >= 15 is 0 Å². The number of rotatable bonds is 1. The van der Waals surface area contributed by atoms with Gasteiger partial charge >= 0.3 is 0 Å². The van der Waals surface area contributed by atoms with Crippen molar-refractivity contribution in [2.24, 2.45) is 11.3 Å². The van der Waals surface area contributed by atoms with Crippen LogP contribution in [0.4, 0.5) is 0 Å². The van der Waals surface area contributed by atoms with Crippen LogP contribution in [0.1, 0.15) is 34.1 Å². The summed E-state index contributed by atoms with van der Waals surface area (Å²) in [6.07, 6.45) is 4.34. The Labute approximate surface area is 79.0 Å². The lowest BCUT2D eigenvalue weighted by atomic mass is 9.40. The van der Waals surface area contributed by atoms with Crippen molar-refractivity contribution in [2.45, 2.75) is 52.5 Å². The molecule has 0 aromatic rings. The molecule has 0 bridgehead atoms. The normalized spacial score (nSPS) is 28.9. The molecule has 0 spiro atoms. The van der Waals surface area contributed by atoms with Gasteiger partial charge in [-0.1, -0.05) is 58.4 Å². The van der Waals surface area contributed by atoms with Crippen molar-refractivity contribution in [3.8, 4) is 0 Å². The molecule has 0 aliphatic carbocycles. The smallest absolute Gasteiger partial charge is 0.0870 e. The molecule has 1 aliphatic heterocycles. The van der Waals surface area contributed by atoms with E-state index in [1.165, 1.54) is 33.6 Å². The molecule has 1 atom stereocenters. The molecule has 0 nitrogen and oxygen atoms in total. The zero-order valence-corrected chi connectivity index (χ0v) is 9.19. The summed E-state index contributed by atoms with van der Waals surface area (Å²) < 4.78 is 0. The van der Waals surface area contributed by atoms with E-state index in [9.17, 15) is 0 Å².